The van der Waals surface area contributed by atoms with Crippen molar-refractivity contribution >= 4 is 0 Å². The molecule has 3 N–H and O–H groups in total. The SMILES string of the molecule is CCOc1ccccc1-c1cnc(C(N)C(C)CC)[nH]1. The van der Waals surface area contributed by atoms with Crippen LogP contribution in [-0.2, 0) is 0 Å². The van der Waals surface area contributed by atoms with Gasteiger partial charge >= 0.3 is 0 Å². The Morgan fingerprint density at radius 2 is 2.05 bits per heavy atom. The van der Waals surface area contributed by atoms with Crippen LogP contribution in [0.3, 0.4) is 0 Å². The minimum atomic E-state index is -0.0620. The zero-order chi connectivity index (χ0) is 14.5. The highest BCUT2D eigenvalue weighted by atomic mass is 16.5. The second-order valence-corrected chi connectivity index (χ2v) is 5.02. The van der Waals surface area contributed by atoms with E-state index in [4.69, 9.17) is 10.5 Å². The van der Waals surface area contributed by atoms with E-state index >= 15 is 0 Å². The van der Waals surface area contributed by atoms with Gasteiger partial charge in [-0.05, 0) is 25.0 Å². The maximum Gasteiger partial charge on any atom is 0.128 e. The summed E-state index contributed by atoms with van der Waals surface area (Å²) in [7, 11) is 0. The third kappa shape index (κ3) is 3.02. The van der Waals surface area contributed by atoms with Gasteiger partial charge in [0.05, 0.1) is 24.5 Å². The Kier molecular flexibility index (Phi) is 4.79. The number of nitrogens with one attached hydrogen (secondary N) is 1. The molecule has 0 amide bonds. The molecule has 0 aliphatic carbocycles. The number of ether oxygens (including phenoxy) is 1. The normalized spacial score (nSPS) is 14.0. The quantitative estimate of drug-likeness (QED) is 0.846. The highest BCUT2D eigenvalue weighted by Crippen LogP contribution is 2.30. The minimum Gasteiger partial charge on any atom is -0.493 e. The van der Waals surface area contributed by atoms with E-state index in [-0.39, 0.29) is 6.04 Å². The zero-order valence-electron chi connectivity index (χ0n) is 12.4. The first-order chi connectivity index (χ1) is 9.67. The highest BCUT2D eigenvalue weighted by Gasteiger charge is 2.17. The number of imidazole rings is 1. The Labute approximate surface area is 120 Å². The summed E-state index contributed by atoms with van der Waals surface area (Å²) in [6.07, 6.45) is 2.86. The van der Waals surface area contributed by atoms with Crippen LogP contribution in [0.5, 0.6) is 5.75 Å². The molecule has 1 aromatic carbocycles. The number of aromatic amines is 1. The molecular formula is C16H23N3O. The Bertz CT molecular complexity index is 550. The lowest BCUT2D eigenvalue weighted by Crippen LogP contribution is -2.19. The lowest BCUT2D eigenvalue weighted by atomic mass is 10.00. The highest BCUT2D eigenvalue weighted by molar-refractivity contribution is 5.66. The summed E-state index contributed by atoms with van der Waals surface area (Å²) < 4.78 is 5.65. The third-order valence-electron chi connectivity index (χ3n) is 3.65. The number of rotatable bonds is 6. The molecule has 4 nitrogen and oxygen atoms in total. The number of nitrogens with two attached hydrogens (primary N) is 1. The number of para-hydroxylation sites is 1. The molecule has 0 saturated carbocycles. The molecule has 20 heavy (non-hydrogen) atoms. The average Bonchev–Trinajstić information content (AvgIpc) is 2.96. The van der Waals surface area contributed by atoms with Crippen molar-refractivity contribution in [3.05, 3.63) is 36.3 Å². The molecule has 2 rings (SSSR count). The van der Waals surface area contributed by atoms with Gasteiger partial charge < -0.3 is 15.5 Å². The maximum atomic E-state index is 6.21. The molecule has 2 aromatic rings. The summed E-state index contributed by atoms with van der Waals surface area (Å²) in [4.78, 5) is 7.75. The summed E-state index contributed by atoms with van der Waals surface area (Å²) in [6.45, 7) is 6.90. The topological polar surface area (TPSA) is 63.9 Å². The zero-order valence-corrected chi connectivity index (χ0v) is 12.4. The predicted octanol–water partition coefficient (Wildman–Crippen LogP) is 3.52. The van der Waals surface area contributed by atoms with Crippen LogP contribution >= 0.6 is 0 Å². The fraction of sp³-hybridized carbons (Fsp3) is 0.438. The van der Waals surface area contributed by atoms with Gasteiger partial charge in [0.25, 0.3) is 0 Å². The number of aromatic nitrogens is 2. The first-order valence-electron chi connectivity index (χ1n) is 7.20. The number of benzene rings is 1. The standard InChI is InChI=1S/C16H23N3O/c1-4-11(3)15(17)16-18-10-13(19-16)12-8-6-7-9-14(12)20-5-2/h6-11,15H,4-5,17H2,1-3H3,(H,18,19). The lowest BCUT2D eigenvalue weighted by Gasteiger charge is -2.15. The second kappa shape index (κ2) is 6.57. The summed E-state index contributed by atoms with van der Waals surface area (Å²) >= 11 is 0. The van der Waals surface area contributed by atoms with Crippen LogP contribution < -0.4 is 10.5 Å². The van der Waals surface area contributed by atoms with E-state index in [1.807, 2.05) is 37.4 Å². The summed E-state index contributed by atoms with van der Waals surface area (Å²) in [5.41, 5.74) is 8.18. The van der Waals surface area contributed by atoms with Gasteiger partial charge in [0.15, 0.2) is 0 Å². The molecule has 0 aliphatic rings. The largest absolute Gasteiger partial charge is 0.493 e. The van der Waals surface area contributed by atoms with Crippen LogP contribution in [0.1, 0.15) is 39.1 Å². The predicted molar refractivity (Wildman–Crippen MR) is 81.6 cm³/mol. The van der Waals surface area contributed by atoms with Crippen LogP contribution in [0.25, 0.3) is 11.3 Å². The number of nitrogens with zero attached hydrogens (tertiary/aromatic N) is 1. The van der Waals surface area contributed by atoms with Gasteiger partial charge in [-0.15, -0.1) is 0 Å². The first kappa shape index (κ1) is 14.6. The van der Waals surface area contributed by atoms with E-state index in [0.29, 0.717) is 12.5 Å². The van der Waals surface area contributed by atoms with Gasteiger partial charge in [0.1, 0.15) is 11.6 Å². The molecular weight excluding hydrogens is 250 g/mol. The first-order valence-corrected chi connectivity index (χ1v) is 7.20. The van der Waals surface area contributed by atoms with Crippen LogP contribution in [0, 0.1) is 5.92 Å². The monoisotopic (exact) mass is 273 g/mol. The van der Waals surface area contributed by atoms with Gasteiger partial charge in [-0.2, -0.15) is 0 Å². The number of H-pyrrole nitrogens is 1. The molecule has 0 saturated heterocycles. The lowest BCUT2D eigenvalue weighted by molar-refractivity contribution is 0.341. The Morgan fingerprint density at radius 3 is 2.75 bits per heavy atom. The van der Waals surface area contributed by atoms with Crippen LogP contribution in [-0.4, -0.2) is 16.6 Å². The molecule has 2 unspecified atom stereocenters. The molecule has 1 aromatic heterocycles. The molecule has 0 fully saturated rings. The Hall–Kier alpha value is -1.81. The van der Waals surface area contributed by atoms with E-state index in [2.05, 4.69) is 23.8 Å². The van der Waals surface area contributed by atoms with E-state index in [9.17, 15) is 0 Å². The van der Waals surface area contributed by atoms with Crippen LogP contribution in [0.2, 0.25) is 0 Å². The summed E-state index contributed by atoms with van der Waals surface area (Å²) in [5.74, 6) is 2.10. The van der Waals surface area contributed by atoms with Crippen molar-refractivity contribution in [2.24, 2.45) is 11.7 Å². The van der Waals surface area contributed by atoms with Gasteiger partial charge in [-0.25, -0.2) is 4.98 Å². The van der Waals surface area contributed by atoms with Crippen molar-refractivity contribution in [1.29, 1.82) is 0 Å². The molecule has 0 aliphatic heterocycles. The van der Waals surface area contributed by atoms with E-state index in [1.54, 1.807) is 0 Å². The van der Waals surface area contributed by atoms with Crippen LogP contribution in [0.15, 0.2) is 30.5 Å². The number of hydrogen-bond acceptors (Lipinski definition) is 3. The smallest absolute Gasteiger partial charge is 0.128 e. The van der Waals surface area contributed by atoms with Crippen molar-refractivity contribution in [3.63, 3.8) is 0 Å². The van der Waals surface area contributed by atoms with E-state index in [0.717, 1.165) is 29.3 Å². The van der Waals surface area contributed by atoms with Crippen molar-refractivity contribution in [1.82, 2.24) is 9.97 Å². The van der Waals surface area contributed by atoms with Crippen molar-refractivity contribution in [2.75, 3.05) is 6.61 Å². The summed E-state index contributed by atoms with van der Waals surface area (Å²) in [5, 5.41) is 0. The molecule has 1 heterocycles. The maximum absolute atomic E-state index is 6.21. The molecule has 2 atom stereocenters. The third-order valence-corrected chi connectivity index (χ3v) is 3.65. The van der Waals surface area contributed by atoms with Crippen molar-refractivity contribution in [2.45, 2.75) is 33.2 Å². The van der Waals surface area contributed by atoms with Gasteiger partial charge in [0, 0.05) is 5.56 Å². The second-order valence-electron chi connectivity index (χ2n) is 5.02. The Balaban J connectivity index is 2.29. The van der Waals surface area contributed by atoms with Crippen molar-refractivity contribution in [3.8, 4) is 17.0 Å². The molecule has 0 spiro atoms. The fourth-order valence-corrected chi connectivity index (χ4v) is 2.14. The van der Waals surface area contributed by atoms with Gasteiger partial charge in [-0.3, -0.25) is 0 Å². The van der Waals surface area contributed by atoms with Crippen molar-refractivity contribution < 1.29 is 4.74 Å². The van der Waals surface area contributed by atoms with E-state index < -0.39 is 0 Å². The Morgan fingerprint density at radius 1 is 1.30 bits per heavy atom. The molecule has 0 bridgehead atoms. The van der Waals surface area contributed by atoms with E-state index in [1.165, 1.54) is 0 Å². The average molecular weight is 273 g/mol. The fourth-order valence-electron chi connectivity index (χ4n) is 2.14. The van der Waals surface area contributed by atoms with Crippen LogP contribution in [0.4, 0.5) is 0 Å². The summed E-state index contributed by atoms with van der Waals surface area (Å²) in [6, 6.07) is 7.89. The molecule has 0 radical (unpaired) electrons. The van der Waals surface area contributed by atoms with Gasteiger partial charge in [0.2, 0.25) is 0 Å². The number of hydrogen-bond donors (Lipinski definition) is 2. The molecule has 108 valence electrons. The minimum absolute atomic E-state index is 0.0620. The molecule has 4 heteroatoms. The van der Waals surface area contributed by atoms with Gasteiger partial charge in [-0.1, -0.05) is 32.4 Å².